The molecule has 1 aromatic heterocycles. The molecule has 16 heavy (non-hydrogen) atoms. The number of aromatic nitrogens is 2. The Hall–Kier alpha value is -1.56. The molecule has 0 bridgehead atoms. The Morgan fingerprint density at radius 1 is 1.44 bits per heavy atom. The van der Waals surface area contributed by atoms with Gasteiger partial charge in [-0.05, 0) is 19.1 Å². The van der Waals surface area contributed by atoms with E-state index in [-0.39, 0.29) is 5.75 Å². The highest BCUT2D eigenvalue weighted by molar-refractivity contribution is 7.92. The van der Waals surface area contributed by atoms with Gasteiger partial charge in [-0.3, -0.25) is 9.40 Å². The summed E-state index contributed by atoms with van der Waals surface area (Å²) in [7, 11) is -1.42. The normalized spacial score (nSPS) is 11.9. The molecule has 0 atom stereocenters. The smallest absolute Gasteiger partial charge is 0.232 e. The van der Waals surface area contributed by atoms with Crippen LogP contribution in [-0.2, 0) is 17.1 Å². The molecule has 2 rings (SSSR count). The molecule has 0 aliphatic heterocycles. The molecule has 0 saturated heterocycles. The van der Waals surface area contributed by atoms with Gasteiger partial charge in [-0.15, -0.1) is 0 Å². The fourth-order valence-electron chi connectivity index (χ4n) is 1.51. The number of aryl methyl sites for hydroxylation is 1. The number of anilines is 1. The van der Waals surface area contributed by atoms with E-state index in [9.17, 15) is 8.42 Å². The summed E-state index contributed by atoms with van der Waals surface area (Å²) < 4.78 is 27.2. The Bertz CT molecular complexity index is 616. The molecular formula is C10H13N3O2S. The van der Waals surface area contributed by atoms with Crippen LogP contribution < -0.4 is 4.72 Å². The molecule has 1 aromatic carbocycles. The Kier molecular flexibility index (Phi) is 2.59. The van der Waals surface area contributed by atoms with E-state index in [1.807, 2.05) is 13.1 Å². The van der Waals surface area contributed by atoms with E-state index in [1.165, 1.54) is 0 Å². The Balaban J connectivity index is 2.54. The SMILES string of the molecule is CCS(=O)(=O)Nc1cccc2c1cnn2C. The van der Waals surface area contributed by atoms with E-state index in [2.05, 4.69) is 9.82 Å². The van der Waals surface area contributed by atoms with Crippen LogP contribution in [-0.4, -0.2) is 24.0 Å². The third-order valence-electron chi connectivity index (χ3n) is 2.44. The first kappa shape index (κ1) is 10.9. The summed E-state index contributed by atoms with van der Waals surface area (Å²) in [6.45, 7) is 1.60. The predicted molar refractivity (Wildman–Crippen MR) is 63.8 cm³/mol. The molecule has 1 heterocycles. The second-order valence-electron chi connectivity index (χ2n) is 3.51. The van der Waals surface area contributed by atoms with Crippen LogP contribution in [0.4, 0.5) is 5.69 Å². The number of rotatable bonds is 3. The van der Waals surface area contributed by atoms with Gasteiger partial charge in [0, 0.05) is 12.4 Å². The van der Waals surface area contributed by atoms with Gasteiger partial charge in [0.1, 0.15) is 0 Å². The van der Waals surface area contributed by atoms with Crippen molar-refractivity contribution < 1.29 is 8.42 Å². The van der Waals surface area contributed by atoms with Crippen LogP contribution in [0.3, 0.4) is 0 Å². The van der Waals surface area contributed by atoms with Crippen molar-refractivity contribution in [2.75, 3.05) is 10.5 Å². The average molecular weight is 239 g/mol. The van der Waals surface area contributed by atoms with E-state index in [0.717, 1.165) is 10.9 Å². The lowest BCUT2D eigenvalue weighted by Gasteiger charge is -2.06. The maximum Gasteiger partial charge on any atom is 0.232 e. The van der Waals surface area contributed by atoms with E-state index in [0.29, 0.717) is 5.69 Å². The monoisotopic (exact) mass is 239 g/mol. The topological polar surface area (TPSA) is 64.0 Å². The minimum atomic E-state index is -3.24. The summed E-state index contributed by atoms with van der Waals surface area (Å²) in [6.07, 6.45) is 1.66. The van der Waals surface area contributed by atoms with Crippen LogP contribution in [0.5, 0.6) is 0 Å². The predicted octanol–water partition coefficient (Wildman–Crippen LogP) is 1.33. The Morgan fingerprint density at radius 3 is 2.88 bits per heavy atom. The van der Waals surface area contributed by atoms with Crippen molar-refractivity contribution in [3.63, 3.8) is 0 Å². The lowest BCUT2D eigenvalue weighted by molar-refractivity contribution is 0.602. The number of hydrogen-bond donors (Lipinski definition) is 1. The van der Waals surface area contributed by atoms with Crippen molar-refractivity contribution in [2.24, 2.45) is 7.05 Å². The van der Waals surface area contributed by atoms with Crippen molar-refractivity contribution >= 4 is 26.6 Å². The molecule has 0 unspecified atom stereocenters. The maximum absolute atomic E-state index is 11.5. The van der Waals surface area contributed by atoms with Crippen LogP contribution in [0, 0.1) is 0 Å². The minimum Gasteiger partial charge on any atom is -0.283 e. The molecule has 1 N–H and O–H groups in total. The third kappa shape index (κ3) is 1.88. The lowest BCUT2D eigenvalue weighted by atomic mass is 10.2. The first-order chi connectivity index (χ1) is 7.53. The molecule has 0 amide bonds. The third-order valence-corrected chi connectivity index (χ3v) is 3.73. The van der Waals surface area contributed by atoms with Crippen LogP contribution >= 0.6 is 0 Å². The zero-order valence-electron chi connectivity index (χ0n) is 9.14. The zero-order valence-corrected chi connectivity index (χ0v) is 9.95. The van der Waals surface area contributed by atoms with Crippen molar-refractivity contribution in [2.45, 2.75) is 6.92 Å². The highest BCUT2D eigenvalue weighted by Crippen LogP contribution is 2.23. The quantitative estimate of drug-likeness (QED) is 0.879. The fraction of sp³-hybridized carbons (Fsp3) is 0.300. The zero-order chi connectivity index (χ0) is 11.8. The van der Waals surface area contributed by atoms with Crippen molar-refractivity contribution in [3.05, 3.63) is 24.4 Å². The average Bonchev–Trinajstić information content (AvgIpc) is 2.62. The summed E-state index contributed by atoms with van der Waals surface area (Å²) in [5.41, 5.74) is 1.48. The molecule has 0 fully saturated rings. The summed E-state index contributed by atoms with van der Waals surface area (Å²) >= 11 is 0. The number of benzene rings is 1. The van der Waals surface area contributed by atoms with E-state index >= 15 is 0 Å². The van der Waals surface area contributed by atoms with Gasteiger partial charge in [0.25, 0.3) is 0 Å². The van der Waals surface area contributed by atoms with Crippen LogP contribution in [0.1, 0.15) is 6.92 Å². The van der Waals surface area contributed by atoms with Gasteiger partial charge in [-0.2, -0.15) is 5.10 Å². The Morgan fingerprint density at radius 2 is 2.19 bits per heavy atom. The number of hydrogen-bond acceptors (Lipinski definition) is 3. The number of nitrogens with zero attached hydrogens (tertiary/aromatic N) is 2. The standard InChI is InChI=1S/C10H13N3O2S/c1-3-16(14,15)12-9-5-4-6-10-8(9)7-11-13(10)2/h4-7,12H,3H2,1-2H3. The second kappa shape index (κ2) is 3.79. The van der Waals surface area contributed by atoms with Gasteiger partial charge in [-0.1, -0.05) is 6.07 Å². The van der Waals surface area contributed by atoms with Crippen molar-refractivity contribution in [3.8, 4) is 0 Å². The number of fused-ring (bicyclic) bond motifs is 1. The molecule has 5 nitrogen and oxygen atoms in total. The summed E-state index contributed by atoms with van der Waals surface area (Å²) in [6, 6.07) is 5.43. The van der Waals surface area contributed by atoms with Gasteiger partial charge in [0.05, 0.1) is 23.2 Å². The molecular weight excluding hydrogens is 226 g/mol. The highest BCUT2D eigenvalue weighted by Gasteiger charge is 2.10. The van der Waals surface area contributed by atoms with Crippen molar-refractivity contribution in [1.82, 2.24) is 9.78 Å². The maximum atomic E-state index is 11.5. The summed E-state index contributed by atoms with van der Waals surface area (Å²) in [4.78, 5) is 0. The Labute approximate surface area is 94.1 Å². The van der Waals surface area contributed by atoms with Crippen LogP contribution in [0.2, 0.25) is 0 Å². The molecule has 0 saturated carbocycles. The van der Waals surface area contributed by atoms with E-state index < -0.39 is 10.0 Å². The van der Waals surface area contributed by atoms with E-state index in [4.69, 9.17) is 0 Å². The minimum absolute atomic E-state index is 0.0592. The number of nitrogens with one attached hydrogen (secondary N) is 1. The van der Waals surface area contributed by atoms with Crippen molar-refractivity contribution in [1.29, 1.82) is 0 Å². The summed E-state index contributed by atoms with van der Waals surface area (Å²) in [5, 5.41) is 4.90. The lowest BCUT2D eigenvalue weighted by Crippen LogP contribution is -2.14. The second-order valence-corrected chi connectivity index (χ2v) is 5.52. The van der Waals surface area contributed by atoms with Crippen LogP contribution in [0.15, 0.2) is 24.4 Å². The molecule has 86 valence electrons. The van der Waals surface area contributed by atoms with Crippen LogP contribution in [0.25, 0.3) is 10.9 Å². The molecule has 0 spiro atoms. The fourth-order valence-corrected chi connectivity index (χ4v) is 2.16. The van der Waals surface area contributed by atoms with Gasteiger partial charge >= 0.3 is 0 Å². The van der Waals surface area contributed by atoms with E-state index in [1.54, 1.807) is 29.9 Å². The molecule has 0 aliphatic rings. The van der Waals surface area contributed by atoms with Gasteiger partial charge in [-0.25, -0.2) is 8.42 Å². The first-order valence-electron chi connectivity index (χ1n) is 4.94. The van der Waals surface area contributed by atoms with Gasteiger partial charge < -0.3 is 0 Å². The molecule has 0 radical (unpaired) electrons. The first-order valence-corrected chi connectivity index (χ1v) is 6.60. The molecule has 6 heteroatoms. The molecule has 2 aromatic rings. The van der Waals surface area contributed by atoms with Gasteiger partial charge in [0.2, 0.25) is 10.0 Å². The van der Waals surface area contributed by atoms with Gasteiger partial charge in [0.15, 0.2) is 0 Å². The summed E-state index contributed by atoms with van der Waals surface area (Å²) in [5.74, 6) is 0.0592. The highest BCUT2D eigenvalue weighted by atomic mass is 32.2. The largest absolute Gasteiger partial charge is 0.283 e. The number of sulfonamides is 1. The molecule has 0 aliphatic carbocycles.